The van der Waals surface area contributed by atoms with Gasteiger partial charge in [0.1, 0.15) is 5.75 Å². The molecule has 0 fully saturated rings. The van der Waals surface area contributed by atoms with E-state index in [1.807, 2.05) is 0 Å². The lowest BCUT2D eigenvalue weighted by Gasteiger charge is -2.08. The number of nitrogens with one attached hydrogen (secondary N) is 1. The van der Waals surface area contributed by atoms with Gasteiger partial charge in [-0.15, -0.1) is 0 Å². The molecule has 0 aliphatic rings. The molecule has 3 rings (SSSR count). The predicted molar refractivity (Wildman–Crippen MR) is 145 cm³/mol. The average molecular weight is 563 g/mol. The monoisotopic (exact) mass is 562 g/mol. The standard InChI is InChI=1S/C29H26N2O10/c1-39-24-15-9-20(10-16-24)26(33)18-41-29(36)21-5-11-22(12-6-21)30-27(34)3-2-4-28(35)40-17-25(32)19-7-13-23(14-8-19)31(37)38/h5-16H,2-4,17-18H2,1H3,(H,30,34). The number of hydrogen-bond donors (Lipinski definition) is 1. The summed E-state index contributed by atoms with van der Waals surface area (Å²) in [6, 6.07) is 17.2. The number of amides is 1. The Morgan fingerprint density at radius 2 is 1.27 bits per heavy atom. The van der Waals surface area contributed by atoms with Gasteiger partial charge in [0.2, 0.25) is 5.91 Å². The third kappa shape index (κ3) is 9.39. The Bertz CT molecular complexity index is 1420. The van der Waals surface area contributed by atoms with Gasteiger partial charge in [0.25, 0.3) is 5.69 Å². The SMILES string of the molecule is COc1ccc(C(=O)COC(=O)c2ccc(NC(=O)CCCC(=O)OCC(=O)c3ccc([N+](=O)[O-])cc3)cc2)cc1. The molecule has 0 saturated carbocycles. The molecule has 1 amide bonds. The van der Waals surface area contributed by atoms with E-state index in [9.17, 15) is 34.1 Å². The number of Topliss-reactive ketones (excluding diaryl/α,β-unsaturated/α-hetero) is 2. The summed E-state index contributed by atoms with van der Waals surface area (Å²) in [4.78, 5) is 70.7. The fraction of sp³-hybridized carbons (Fsp3) is 0.207. The van der Waals surface area contributed by atoms with E-state index in [4.69, 9.17) is 14.2 Å². The van der Waals surface area contributed by atoms with E-state index in [0.29, 0.717) is 17.0 Å². The topological polar surface area (TPSA) is 168 Å². The molecule has 212 valence electrons. The summed E-state index contributed by atoms with van der Waals surface area (Å²) in [6.07, 6.45) is 0.0761. The second-order valence-electron chi connectivity index (χ2n) is 8.59. The molecule has 1 N–H and O–H groups in total. The summed E-state index contributed by atoms with van der Waals surface area (Å²) in [6.45, 7) is -0.954. The summed E-state index contributed by atoms with van der Waals surface area (Å²) in [5.41, 5.74) is 0.989. The fourth-order valence-electron chi connectivity index (χ4n) is 3.45. The Balaban J connectivity index is 1.34. The number of hydrogen-bond acceptors (Lipinski definition) is 10. The maximum Gasteiger partial charge on any atom is 0.338 e. The van der Waals surface area contributed by atoms with Crippen LogP contribution in [0.4, 0.5) is 11.4 Å². The molecule has 0 atom stereocenters. The zero-order chi connectivity index (χ0) is 29.8. The third-order valence-corrected chi connectivity index (χ3v) is 5.70. The summed E-state index contributed by atoms with van der Waals surface area (Å²) in [5.74, 6) is -2.02. The number of nitro groups is 1. The van der Waals surface area contributed by atoms with Crippen molar-refractivity contribution in [3.63, 3.8) is 0 Å². The number of nitro benzene ring substituents is 1. The zero-order valence-electron chi connectivity index (χ0n) is 22.0. The third-order valence-electron chi connectivity index (χ3n) is 5.70. The molecule has 0 bridgehead atoms. The van der Waals surface area contributed by atoms with Gasteiger partial charge in [0.15, 0.2) is 24.8 Å². The minimum absolute atomic E-state index is 0.00264. The molecule has 0 aliphatic heterocycles. The number of anilines is 1. The van der Waals surface area contributed by atoms with E-state index in [2.05, 4.69) is 5.32 Å². The highest BCUT2D eigenvalue weighted by Gasteiger charge is 2.14. The molecule has 0 aromatic heterocycles. The van der Waals surface area contributed by atoms with E-state index in [0.717, 1.165) is 0 Å². The highest BCUT2D eigenvalue weighted by Crippen LogP contribution is 2.15. The molecule has 0 saturated heterocycles. The van der Waals surface area contributed by atoms with Crippen molar-refractivity contribution in [3.05, 3.63) is 99.6 Å². The van der Waals surface area contributed by atoms with Crippen LogP contribution in [0.5, 0.6) is 5.75 Å². The van der Waals surface area contributed by atoms with E-state index >= 15 is 0 Å². The van der Waals surface area contributed by atoms with Crippen LogP contribution in [0.2, 0.25) is 0 Å². The highest BCUT2D eigenvalue weighted by molar-refractivity contribution is 6.00. The van der Waals surface area contributed by atoms with Crippen LogP contribution in [0, 0.1) is 10.1 Å². The smallest absolute Gasteiger partial charge is 0.338 e. The van der Waals surface area contributed by atoms with Crippen LogP contribution in [0.1, 0.15) is 50.3 Å². The summed E-state index contributed by atoms with van der Waals surface area (Å²) in [5, 5.41) is 13.3. The van der Waals surface area contributed by atoms with Gasteiger partial charge >= 0.3 is 11.9 Å². The van der Waals surface area contributed by atoms with Crippen LogP contribution in [-0.2, 0) is 19.1 Å². The Morgan fingerprint density at radius 1 is 0.732 bits per heavy atom. The van der Waals surface area contributed by atoms with E-state index in [1.54, 1.807) is 24.3 Å². The number of rotatable bonds is 14. The molecular weight excluding hydrogens is 536 g/mol. The van der Waals surface area contributed by atoms with E-state index in [1.165, 1.54) is 55.6 Å². The Hall–Kier alpha value is -5.39. The van der Waals surface area contributed by atoms with Crippen molar-refractivity contribution in [2.24, 2.45) is 0 Å². The van der Waals surface area contributed by atoms with Crippen molar-refractivity contribution in [1.29, 1.82) is 0 Å². The molecule has 41 heavy (non-hydrogen) atoms. The van der Waals surface area contributed by atoms with Crippen LogP contribution in [-0.4, -0.2) is 54.7 Å². The molecule has 3 aromatic rings. The maximum absolute atomic E-state index is 12.3. The fourth-order valence-corrected chi connectivity index (χ4v) is 3.45. The summed E-state index contributed by atoms with van der Waals surface area (Å²) >= 11 is 0. The lowest BCUT2D eigenvalue weighted by atomic mass is 10.1. The van der Waals surface area contributed by atoms with Crippen molar-refractivity contribution >= 4 is 40.8 Å². The second-order valence-corrected chi connectivity index (χ2v) is 8.59. The first-order valence-corrected chi connectivity index (χ1v) is 12.3. The molecule has 0 aliphatic carbocycles. The van der Waals surface area contributed by atoms with Crippen LogP contribution in [0.3, 0.4) is 0 Å². The molecule has 0 unspecified atom stereocenters. The van der Waals surface area contributed by atoms with Crippen LogP contribution in [0.15, 0.2) is 72.8 Å². The molecular formula is C29H26N2O10. The Kier molecular flexibility index (Phi) is 10.8. The highest BCUT2D eigenvalue weighted by atomic mass is 16.6. The predicted octanol–water partition coefficient (Wildman–Crippen LogP) is 4.18. The number of methoxy groups -OCH3 is 1. The minimum atomic E-state index is -0.699. The minimum Gasteiger partial charge on any atom is -0.497 e. The quantitative estimate of drug-likeness (QED) is 0.130. The molecule has 12 heteroatoms. The molecule has 0 spiro atoms. The lowest BCUT2D eigenvalue weighted by Crippen LogP contribution is -2.16. The van der Waals surface area contributed by atoms with Crippen LogP contribution >= 0.6 is 0 Å². The van der Waals surface area contributed by atoms with Crippen molar-refractivity contribution in [2.75, 3.05) is 25.6 Å². The van der Waals surface area contributed by atoms with Crippen molar-refractivity contribution < 1.29 is 43.1 Å². The van der Waals surface area contributed by atoms with Crippen LogP contribution in [0.25, 0.3) is 0 Å². The first-order chi connectivity index (χ1) is 19.7. The molecule has 12 nitrogen and oxygen atoms in total. The number of esters is 2. The van der Waals surface area contributed by atoms with Gasteiger partial charge in [0.05, 0.1) is 17.6 Å². The second kappa shape index (κ2) is 14.7. The molecule has 0 radical (unpaired) electrons. The van der Waals surface area contributed by atoms with E-state index < -0.39 is 35.9 Å². The van der Waals surface area contributed by atoms with Gasteiger partial charge in [-0.1, -0.05) is 0 Å². The zero-order valence-corrected chi connectivity index (χ0v) is 22.0. The number of non-ortho nitro benzene ring substituents is 1. The normalized spacial score (nSPS) is 10.3. The van der Waals surface area contributed by atoms with E-state index in [-0.39, 0.29) is 47.8 Å². The summed E-state index contributed by atoms with van der Waals surface area (Å²) in [7, 11) is 1.51. The number of nitrogens with zero attached hydrogens (tertiary/aromatic N) is 1. The largest absolute Gasteiger partial charge is 0.497 e. The van der Waals surface area contributed by atoms with Crippen molar-refractivity contribution in [2.45, 2.75) is 19.3 Å². The van der Waals surface area contributed by atoms with Gasteiger partial charge in [-0.05, 0) is 67.1 Å². The first-order valence-electron chi connectivity index (χ1n) is 12.3. The molecule has 3 aromatic carbocycles. The molecule has 0 heterocycles. The average Bonchev–Trinajstić information content (AvgIpc) is 2.98. The maximum atomic E-state index is 12.3. The Labute approximate surface area is 234 Å². The number of ketones is 2. The van der Waals surface area contributed by atoms with Crippen LogP contribution < -0.4 is 10.1 Å². The van der Waals surface area contributed by atoms with Gasteiger partial charge in [0, 0.05) is 41.8 Å². The number of ether oxygens (including phenoxy) is 3. The lowest BCUT2D eigenvalue weighted by molar-refractivity contribution is -0.384. The van der Waals surface area contributed by atoms with Gasteiger partial charge < -0.3 is 19.5 Å². The van der Waals surface area contributed by atoms with Crippen molar-refractivity contribution in [3.8, 4) is 5.75 Å². The van der Waals surface area contributed by atoms with Crippen molar-refractivity contribution in [1.82, 2.24) is 0 Å². The van der Waals surface area contributed by atoms with Gasteiger partial charge in [-0.2, -0.15) is 0 Å². The summed E-state index contributed by atoms with van der Waals surface area (Å²) < 4.78 is 15.0. The number of carbonyl (C=O) groups is 5. The first kappa shape index (κ1) is 30.2. The van der Waals surface area contributed by atoms with Gasteiger partial charge in [-0.25, -0.2) is 4.79 Å². The Morgan fingerprint density at radius 3 is 1.83 bits per heavy atom. The van der Waals surface area contributed by atoms with Gasteiger partial charge in [-0.3, -0.25) is 29.3 Å². The number of carbonyl (C=O) groups excluding carboxylic acids is 5. The number of benzene rings is 3.